The molecule has 1 saturated heterocycles. The van der Waals surface area contributed by atoms with Crippen LogP contribution in [0.3, 0.4) is 0 Å². The fourth-order valence-corrected chi connectivity index (χ4v) is 4.85. The SMILES string of the molecule is CCN1CCN(Cc2ccc(NC(=O)c3cccc(Oc4ncnc5c4OCCN5C(=O)O)c3)cc2C(F)(F)F)CC1. The first kappa shape index (κ1) is 29.1. The van der Waals surface area contributed by atoms with Crippen molar-refractivity contribution in [2.45, 2.75) is 19.6 Å². The zero-order chi connectivity index (χ0) is 29.9. The Labute approximate surface area is 239 Å². The summed E-state index contributed by atoms with van der Waals surface area (Å²) in [5, 5.41) is 11.9. The van der Waals surface area contributed by atoms with Crippen LogP contribution in [0.5, 0.6) is 17.4 Å². The molecule has 2 aliphatic heterocycles. The maximum Gasteiger partial charge on any atom is 0.416 e. The summed E-state index contributed by atoms with van der Waals surface area (Å²) >= 11 is 0. The summed E-state index contributed by atoms with van der Waals surface area (Å²) in [6.45, 7) is 6.27. The number of carboxylic acid groups (broad SMARTS) is 1. The van der Waals surface area contributed by atoms with Gasteiger partial charge >= 0.3 is 12.3 Å². The molecule has 0 spiro atoms. The third-order valence-corrected chi connectivity index (χ3v) is 7.09. The summed E-state index contributed by atoms with van der Waals surface area (Å²) in [6, 6.07) is 9.76. The minimum absolute atomic E-state index is 0.00484. The third kappa shape index (κ3) is 6.55. The Morgan fingerprint density at radius 2 is 1.81 bits per heavy atom. The highest BCUT2D eigenvalue weighted by Gasteiger charge is 2.34. The lowest BCUT2D eigenvalue weighted by Crippen LogP contribution is -2.45. The second-order valence-corrected chi connectivity index (χ2v) is 9.78. The molecule has 0 bridgehead atoms. The second-order valence-electron chi connectivity index (χ2n) is 9.78. The number of halogens is 3. The van der Waals surface area contributed by atoms with Crippen LogP contribution in [0.25, 0.3) is 0 Å². The Balaban J connectivity index is 1.31. The van der Waals surface area contributed by atoms with E-state index in [1.165, 1.54) is 30.3 Å². The number of alkyl halides is 3. The van der Waals surface area contributed by atoms with Crippen molar-refractivity contribution in [2.24, 2.45) is 0 Å². The second kappa shape index (κ2) is 12.2. The van der Waals surface area contributed by atoms with Gasteiger partial charge in [-0.1, -0.05) is 19.1 Å². The monoisotopic (exact) mass is 586 g/mol. The molecule has 0 radical (unpaired) electrons. The van der Waals surface area contributed by atoms with Gasteiger partial charge < -0.3 is 24.8 Å². The van der Waals surface area contributed by atoms with Gasteiger partial charge in [0.2, 0.25) is 5.75 Å². The van der Waals surface area contributed by atoms with Crippen LogP contribution >= 0.6 is 0 Å². The molecule has 222 valence electrons. The van der Waals surface area contributed by atoms with Gasteiger partial charge in [-0.2, -0.15) is 18.2 Å². The van der Waals surface area contributed by atoms with Crippen molar-refractivity contribution in [2.75, 3.05) is 56.1 Å². The number of nitrogens with one attached hydrogen (secondary N) is 1. The lowest BCUT2D eigenvalue weighted by molar-refractivity contribution is -0.138. The van der Waals surface area contributed by atoms with E-state index in [4.69, 9.17) is 9.47 Å². The van der Waals surface area contributed by atoms with Crippen molar-refractivity contribution in [1.82, 2.24) is 19.8 Å². The Hall–Kier alpha value is -4.43. The Morgan fingerprint density at radius 1 is 1.05 bits per heavy atom. The summed E-state index contributed by atoms with van der Waals surface area (Å²) in [5.41, 5.74) is -0.517. The molecule has 0 unspecified atom stereocenters. The number of ether oxygens (including phenoxy) is 2. The fraction of sp³-hybridized carbons (Fsp3) is 0.357. The Morgan fingerprint density at radius 3 is 2.52 bits per heavy atom. The molecule has 2 aliphatic rings. The molecule has 2 N–H and O–H groups in total. The van der Waals surface area contributed by atoms with Crippen molar-refractivity contribution in [3.8, 4) is 17.4 Å². The van der Waals surface area contributed by atoms with Crippen molar-refractivity contribution < 1.29 is 37.3 Å². The third-order valence-electron chi connectivity index (χ3n) is 7.09. The molecular formula is C28H29F3N6O5. The van der Waals surface area contributed by atoms with E-state index in [0.29, 0.717) is 13.1 Å². The molecule has 11 nitrogen and oxygen atoms in total. The number of rotatable bonds is 7. The van der Waals surface area contributed by atoms with Crippen molar-refractivity contribution in [3.05, 3.63) is 65.5 Å². The van der Waals surface area contributed by atoms with Crippen molar-refractivity contribution in [3.63, 3.8) is 0 Å². The van der Waals surface area contributed by atoms with E-state index in [9.17, 15) is 27.9 Å². The maximum atomic E-state index is 14.0. The summed E-state index contributed by atoms with van der Waals surface area (Å²) in [6.07, 6.45) is -4.67. The first-order valence-electron chi connectivity index (χ1n) is 13.3. The number of piperazine rings is 1. The molecule has 2 aromatic carbocycles. The molecule has 3 aromatic rings. The van der Waals surface area contributed by atoms with Gasteiger partial charge in [-0.15, -0.1) is 0 Å². The molecular weight excluding hydrogens is 557 g/mol. The minimum Gasteiger partial charge on any atom is -0.483 e. The van der Waals surface area contributed by atoms with E-state index in [1.54, 1.807) is 6.07 Å². The van der Waals surface area contributed by atoms with Gasteiger partial charge in [-0.25, -0.2) is 9.78 Å². The van der Waals surface area contributed by atoms with Gasteiger partial charge in [0.1, 0.15) is 18.7 Å². The zero-order valence-corrected chi connectivity index (χ0v) is 22.7. The number of hydrogen-bond acceptors (Lipinski definition) is 8. The number of nitrogens with zero attached hydrogens (tertiary/aromatic N) is 5. The van der Waals surface area contributed by atoms with Gasteiger partial charge in [0.05, 0.1) is 12.1 Å². The normalized spacial score (nSPS) is 16.0. The van der Waals surface area contributed by atoms with E-state index >= 15 is 0 Å². The summed E-state index contributed by atoms with van der Waals surface area (Å²) in [5.74, 6) is -0.457. The highest BCUT2D eigenvalue weighted by atomic mass is 19.4. The molecule has 5 rings (SSSR count). The van der Waals surface area contributed by atoms with Crippen LogP contribution in [0, 0.1) is 0 Å². The minimum atomic E-state index is -4.59. The largest absolute Gasteiger partial charge is 0.483 e. The van der Waals surface area contributed by atoms with Crippen LogP contribution in [-0.4, -0.2) is 82.8 Å². The molecule has 3 heterocycles. The van der Waals surface area contributed by atoms with Crippen LogP contribution in [0.2, 0.25) is 0 Å². The summed E-state index contributed by atoms with van der Waals surface area (Å²) in [4.78, 5) is 37.8. The van der Waals surface area contributed by atoms with E-state index < -0.39 is 23.7 Å². The van der Waals surface area contributed by atoms with Gasteiger partial charge in [0, 0.05) is 44.0 Å². The lowest BCUT2D eigenvalue weighted by Gasteiger charge is -2.34. The van der Waals surface area contributed by atoms with Crippen LogP contribution in [0.1, 0.15) is 28.4 Å². The summed E-state index contributed by atoms with van der Waals surface area (Å²) < 4.78 is 53.3. The number of carbonyl (C=O) groups is 2. The highest BCUT2D eigenvalue weighted by Crippen LogP contribution is 2.39. The fourth-order valence-electron chi connectivity index (χ4n) is 4.85. The van der Waals surface area contributed by atoms with Gasteiger partial charge in [0.15, 0.2) is 5.82 Å². The smallest absolute Gasteiger partial charge is 0.416 e. The number of carbonyl (C=O) groups excluding carboxylic acids is 1. The molecule has 14 heteroatoms. The number of fused-ring (bicyclic) bond motifs is 1. The molecule has 1 aromatic heterocycles. The maximum absolute atomic E-state index is 14.0. The standard InChI is InChI=1S/C28H29F3N6O5/c1-2-35-8-10-36(11-9-35)16-19-6-7-20(15-22(19)28(29,30)31)34-25(38)18-4-3-5-21(14-18)42-26-23-24(32-17-33-26)37(27(39)40)12-13-41-23/h3-7,14-15,17H,2,8-13,16H2,1H3,(H,34,38)(H,39,40). The van der Waals surface area contributed by atoms with Crippen LogP contribution < -0.4 is 19.7 Å². The Kier molecular flexibility index (Phi) is 8.45. The van der Waals surface area contributed by atoms with E-state index in [0.717, 1.165) is 36.9 Å². The number of benzene rings is 2. The predicted molar refractivity (Wildman–Crippen MR) is 146 cm³/mol. The number of amides is 2. The molecule has 1 fully saturated rings. The average Bonchev–Trinajstić information content (AvgIpc) is 2.97. The topological polar surface area (TPSA) is 120 Å². The molecule has 2 amide bonds. The first-order chi connectivity index (χ1) is 20.1. The number of hydrogen-bond donors (Lipinski definition) is 2. The van der Waals surface area contributed by atoms with Crippen molar-refractivity contribution >= 4 is 23.5 Å². The number of anilines is 2. The van der Waals surface area contributed by atoms with E-state index in [-0.39, 0.29) is 59.7 Å². The molecule has 0 aliphatic carbocycles. The van der Waals surface area contributed by atoms with Crippen LogP contribution in [0.15, 0.2) is 48.8 Å². The van der Waals surface area contributed by atoms with Gasteiger partial charge in [-0.3, -0.25) is 14.6 Å². The molecule has 42 heavy (non-hydrogen) atoms. The quantitative estimate of drug-likeness (QED) is 0.411. The van der Waals surface area contributed by atoms with Crippen LogP contribution in [0.4, 0.5) is 29.5 Å². The Bertz CT molecular complexity index is 1460. The van der Waals surface area contributed by atoms with Crippen molar-refractivity contribution in [1.29, 1.82) is 0 Å². The number of aromatic nitrogens is 2. The van der Waals surface area contributed by atoms with Gasteiger partial charge in [0.25, 0.3) is 11.8 Å². The lowest BCUT2D eigenvalue weighted by atomic mass is 10.0. The number of likely N-dealkylation sites (N-methyl/N-ethyl adjacent to an activating group) is 1. The molecule has 0 saturated carbocycles. The van der Waals surface area contributed by atoms with E-state index in [1.807, 2.05) is 4.90 Å². The van der Waals surface area contributed by atoms with Gasteiger partial charge in [-0.05, 0) is 42.4 Å². The summed E-state index contributed by atoms with van der Waals surface area (Å²) in [7, 11) is 0. The first-order valence-corrected chi connectivity index (χ1v) is 13.3. The van der Waals surface area contributed by atoms with Crippen LogP contribution in [-0.2, 0) is 12.7 Å². The average molecular weight is 587 g/mol. The predicted octanol–water partition coefficient (Wildman–Crippen LogP) is 4.55. The van der Waals surface area contributed by atoms with E-state index in [2.05, 4.69) is 27.1 Å². The zero-order valence-electron chi connectivity index (χ0n) is 22.7. The molecule has 0 atom stereocenters. The highest BCUT2D eigenvalue weighted by molar-refractivity contribution is 6.04.